The number of rotatable bonds is 1. The lowest BCUT2D eigenvalue weighted by Gasteiger charge is -2.02. The van der Waals surface area contributed by atoms with Gasteiger partial charge in [-0.1, -0.05) is 18.2 Å². The van der Waals surface area contributed by atoms with Crippen LogP contribution in [0.4, 0.5) is 5.69 Å². The molecule has 0 bridgehead atoms. The molecule has 0 fully saturated rings. The SMILES string of the molecule is Nc1ccc(-c2ccc3sccc3c2)cc1. The highest BCUT2D eigenvalue weighted by Crippen LogP contribution is 2.27. The summed E-state index contributed by atoms with van der Waals surface area (Å²) in [6, 6.07) is 16.7. The van der Waals surface area contributed by atoms with Crippen LogP contribution >= 0.6 is 11.3 Å². The highest BCUT2D eigenvalue weighted by molar-refractivity contribution is 7.17. The molecular formula is C14H11NS. The quantitative estimate of drug-likeness (QED) is 0.618. The molecule has 0 saturated carbocycles. The van der Waals surface area contributed by atoms with E-state index in [0.717, 1.165) is 5.69 Å². The summed E-state index contributed by atoms with van der Waals surface area (Å²) >= 11 is 1.77. The Hall–Kier alpha value is -1.80. The second-order valence-electron chi connectivity index (χ2n) is 3.80. The van der Waals surface area contributed by atoms with Crippen molar-refractivity contribution in [3.05, 3.63) is 53.9 Å². The lowest BCUT2D eigenvalue weighted by atomic mass is 10.0. The second kappa shape index (κ2) is 3.65. The van der Waals surface area contributed by atoms with E-state index in [1.165, 1.54) is 21.2 Å². The zero-order chi connectivity index (χ0) is 11.0. The fourth-order valence-corrected chi connectivity index (χ4v) is 2.59. The van der Waals surface area contributed by atoms with Crippen LogP contribution in [0.3, 0.4) is 0 Å². The van der Waals surface area contributed by atoms with Crippen LogP contribution in [-0.2, 0) is 0 Å². The van der Waals surface area contributed by atoms with Crippen molar-refractivity contribution in [2.75, 3.05) is 5.73 Å². The first-order valence-corrected chi connectivity index (χ1v) is 6.04. The summed E-state index contributed by atoms with van der Waals surface area (Å²) in [4.78, 5) is 0. The Morgan fingerprint density at radius 2 is 1.56 bits per heavy atom. The van der Waals surface area contributed by atoms with Crippen LogP contribution in [0.1, 0.15) is 0 Å². The molecule has 0 aliphatic heterocycles. The van der Waals surface area contributed by atoms with Crippen LogP contribution in [0.25, 0.3) is 21.2 Å². The van der Waals surface area contributed by atoms with Crippen LogP contribution in [0, 0.1) is 0 Å². The number of fused-ring (bicyclic) bond motifs is 1. The molecule has 2 N–H and O–H groups in total. The highest BCUT2D eigenvalue weighted by Gasteiger charge is 2.00. The van der Waals surface area contributed by atoms with E-state index in [2.05, 4.69) is 41.8 Å². The average molecular weight is 225 g/mol. The van der Waals surface area contributed by atoms with Crippen molar-refractivity contribution in [3.8, 4) is 11.1 Å². The number of nitrogen functional groups attached to an aromatic ring is 1. The summed E-state index contributed by atoms with van der Waals surface area (Å²) in [6.45, 7) is 0. The van der Waals surface area contributed by atoms with Crippen molar-refractivity contribution in [1.29, 1.82) is 0 Å². The second-order valence-corrected chi connectivity index (χ2v) is 4.74. The number of nitrogens with two attached hydrogens (primary N) is 1. The van der Waals surface area contributed by atoms with Gasteiger partial charge < -0.3 is 5.73 Å². The molecule has 1 nitrogen and oxygen atoms in total. The Balaban J connectivity index is 2.14. The first-order valence-electron chi connectivity index (χ1n) is 5.16. The maximum atomic E-state index is 5.68. The number of thiophene rings is 1. The number of benzene rings is 2. The fourth-order valence-electron chi connectivity index (χ4n) is 1.82. The molecule has 0 aliphatic carbocycles. The minimum atomic E-state index is 0.806. The van der Waals surface area contributed by atoms with Gasteiger partial charge in [-0.05, 0) is 52.2 Å². The molecule has 3 rings (SSSR count). The molecule has 2 heteroatoms. The number of hydrogen-bond donors (Lipinski definition) is 1. The van der Waals surface area contributed by atoms with Crippen LogP contribution < -0.4 is 5.73 Å². The van der Waals surface area contributed by atoms with Crippen molar-refractivity contribution in [2.45, 2.75) is 0 Å². The van der Waals surface area contributed by atoms with Crippen molar-refractivity contribution >= 4 is 27.1 Å². The van der Waals surface area contributed by atoms with Gasteiger partial charge in [0.2, 0.25) is 0 Å². The molecule has 2 aromatic carbocycles. The number of hydrogen-bond acceptors (Lipinski definition) is 2. The van der Waals surface area contributed by atoms with Gasteiger partial charge in [-0.3, -0.25) is 0 Å². The van der Waals surface area contributed by atoms with E-state index in [1.807, 2.05) is 12.1 Å². The maximum Gasteiger partial charge on any atom is 0.0343 e. The predicted molar refractivity (Wildman–Crippen MR) is 71.7 cm³/mol. The van der Waals surface area contributed by atoms with Gasteiger partial charge in [-0.15, -0.1) is 11.3 Å². The van der Waals surface area contributed by atoms with E-state index < -0.39 is 0 Å². The van der Waals surface area contributed by atoms with Gasteiger partial charge in [0.1, 0.15) is 0 Å². The summed E-state index contributed by atoms with van der Waals surface area (Å²) in [5.41, 5.74) is 8.94. The first kappa shape index (κ1) is 9.43. The molecule has 0 amide bonds. The van der Waals surface area contributed by atoms with Gasteiger partial charge in [-0.25, -0.2) is 0 Å². The van der Waals surface area contributed by atoms with E-state index in [4.69, 9.17) is 5.73 Å². The van der Waals surface area contributed by atoms with Crippen LogP contribution in [0.5, 0.6) is 0 Å². The van der Waals surface area contributed by atoms with Gasteiger partial charge in [0, 0.05) is 10.4 Å². The third kappa shape index (κ3) is 1.57. The lowest BCUT2D eigenvalue weighted by Crippen LogP contribution is -1.83. The van der Waals surface area contributed by atoms with Gasteiger partial charge in [0.15, 0.2) is 0 Å². The summed E-state index contributed by atoms with van der Waals surface area (Å²) in [5.74, 6) is 0. The minimum Gasteiger partial charge on any atom is -0.399 e. The van der Waals surface area contributed by atoms with E-state index in [-0.39, 0.29) is 0 Å². The van der Waals surface area contributed by atoms with Crippen LogP contribution in [0.15, 0.2) is 53.9 Å². The van der Waals surface area contributed by atoms with Gasteiger partial charge in [-0.2, -0.15) is 0 Å². The van der Waals surface area contributed by atoms with Gasteiger partial charge in [0.05, 0.1) is 0 Å². The van der Waals surface area contributed by atoms with Crippen molar-refractivity contribution < 1.29 is 0 Å². The third-order valence-corrected chi connectivity index (χ3v) is 3.59. The Kier molecular flexibility index (Phi) is 2.15. The summed E-state index contributed by atoms with van der Waals surface area (Å²) in [6.07, 6.45) is 0. The normalized spacial score (nSPS) is 10.8. The van der Waals surface area contributed by atoms with Crippen molar-refractivity contribution in [3.63, 3.8) is 0 Å². The molecule has 0 spiro atoms. The Morgan fingerprint density at radius 1 is 0.812 bits per heavy atom. The predicted octanol–water partition coefficient (Wildman–Crippen LogP) is 4.15. The fraction of sp³-hybridized carbons (Fsp3) is 0. The van der Waals surface area contributed by atoms with E-state index >= 15 is 0 Å². The summed E-state index contributed by atoms with van der Waals surface area (Å²) < 4.78 is 1.33. The molecule has 0 radical (unpaired) electrons. The summed E-state index contributed by atoms with van der Waals surface area (Å²) in [7, 11) is 0. The summed E-state index contributed by atoms with van der Waals surface area (Å²) in [5, 5.41) is 3.43. The largest absolute Gasteiger partial charge is 0.399 e. The van der Waals surface area contributed by atoms with Gasteiger partial charge >= 0.3 is 0 Å². The minimum absolute atomic E-state index is 0.806. The Labute approximate surface area is 98.2 Å². The molecule has 3 aromatic rings. The molecular weight excluding hydrogens is 214 g/mol. The Morgan fingerprint density at radius 3 is 2.38 bits per heavy atom. The highest BCUT2D eigenvalue weighted by atomic mass is 32.1. The smallest absolute Gasteiger partial charge is 0.0343 e. The maximum absolute atomic E-state index is 5.68. The standard InChI is InChI=1S/C14H11NS/c15-13-4-1-10(2-5-13)11-3-6-14-12(9-11)7-8-16-14/h1-9H,15H2. The zero-order valence-electron chi connectivity index (χ0n) is 8.68. The van der Waals surface area contributed by atoms with Crippen molar-refractivity contribution in [2.24, 2.45) is 0 Å². The molecule has 0 saturated heterocycles. The van der Waals surface area contributed by atoms with E-state index in [0.29, 0.717) is 0 Å². The number of anilines is 1. The molecule has 0 aliphatic rings. The van der Waals surface area contributed by atoms with Gasteiger partial charge in [0.25, 0.3) is 0 Å². The lowest BCUT2D eigenvalue weighted by molar-refractivity contribution is 1.64. The molecule has 0 unspecified atom stereocenters. The van der Waals surface area contributed by atoms with Crippen LogP contribution in [-0.4, -0.2) is 0 Å². The first-order chi connectivity index (χ1) is 7.83. The average Bonchev–Trinajstić information content (AvgIpc) is 2.77. The molecule has 1 aromatic heterocycles. The Bertz CT molecular complexity index is 623. The van der Waals surface area contributed by atoms with Crippen molar-refractivity contribution in [1.82, 2.24) is 0 Å². The third-order valence-electron chi connectivity index (χ3n) is 2.70. The topological polar surface area (TPSA) is 26.0 Å². The molecule has 1 heterocycles. The van der Waals surface area contributed by atoms with E-state index in [9.17, 15) is 0 Å². The van der Waals surface area contributed by atoms with Crippen LogP contribution in [0.2, 0.25) is 0 Å². The van der Waals surface area contributed by atoms with E-state index in [1.54, 1.807) is 11.3 Å². The molecule has 0 atom stereocenters. The monoisotopic (exact) mass is 225 g/mol. The molecule has 16 heavy (non-hydrogen) atoms. The zero-order valence-corrected chi connectivity index (χ0v) is 9.50. The molecule has 78 valence electrons.